The van der Waals surface area contributed by atoms with Crippen molar-refractivity contribution in [3.63, 3.8) is 0 Å². The summed E-state index contributed by atoms with van der Waals surface area (Å²) in [6, 6.07) is 11.5. The first-order valence-corrected chi connectivity index (χ1v) is 8.13. The summed E-state index contributed by atoms with van der Waals surface area (Å²) in [5.74, 6) is -0.282. The zero-order valence-electron chi connectivity index (χ0n) is 12.6. The smallest absolute Gasteiger partial charge is 0.255 e. The second kappa shape index (κ2) is 8.07. The van der Waals surface area contributed by atoms with Gasteiger partial charge in [-0.15, -0.1) is 11.8 Å². The fourth-order valence-electron chi connectivity index (χ4n) is 2.14. The molecule has 0 aromatic heterocycles. The van der Waals surface area contributed by atoms with E-state index in [-0.39, 0.29) is 22.8 Å². The number of amides is 2. The second-order valence-electron chi connectivity index (χ2n) is 4.96. The summed E-state index contributed by atoms with van der Waals surface area (Å²) >= 11 is 3.50. The van der Waals surface area contributed by atoms with Gasteiger partial charge in [0.05, 0.1) is 10.9 Å². The number of benzene rings is 2. The lowest BCUT2D eigenvalue weighted by molar-refractivity contribution is -0.115. The monoisotopic (exact) mass is 366 g/mol. The van der Waals surface area contributed by atoms with Gasteiger partial charge in [0.25, 0.3) is 5.91 Å². The first-order chi connectivity index (χ1) is 11.5. The largest absolute Gasteiger partial charge is 0.508 e. The fraction of sp³-hybridized carbons (Fsp3) is 0.125. The molecule has 1 aliphatic rings. The van der Waals surface area contributed by atoms with Crippen molar-refractivity contribution in [3.05, 3.63) is 48.0 Å². The normalized spacial score (nSPS) is 15.5. The minimum Gasteiger partial charge on any atom is -0.508 e. The number of carbonyl (C=O) groups excluding carboxylic acids is 2. The number of hydrogen-bond donors (Lipinski definition) is 4. The number of rotatable bonds is 2. The van der Waals surface area contributed by atoms with Crippen molar-refractivity contribution >= 4 is 48.0 Å². The number of thioether (sulfide) groups is 1. The van der Waals surface area contributed by atoms with E-state index in [0.717, 1.165) is 4.90 Å². The number of nitrogens with one attached hydrogen (secondary N) is 2. The number of aromatic hydroxyl groups is 1. The molecule has 24 heavy (non-hydrogen) atoms. The fourth-order valence-corrected chi connectivity index (χ4v) is 3.07. The van der Waals surface area contributed by atoms with Crippen molar-refractivity contribution in [2.45, 2.75) is 17.1 Å². The van der Waals surface area contributed by atoms with Gasteiger partial charge in [0, 0.05) is 35.2 Å². The zero-order chi connectivity index (χ0) is 17.7. The molecule has 8 heteroatoms. The molecule has 1 unspecified atom stereocenters. The van der Waals surface area contributed by atoms with Crippen LogP contribution in [0.1, 0.15) is 17.3 Å². The van der Waals surface area contributed by atoms with Gasteiger partial charge in [0.15, 0.2) is 0 Å². The molecule has 0 spiro atoms. The highest BCUT2D eigenvalue weighted by Crippen LogP contribution is 2.36. The average molecular weight is 366 g/mol. The molecule has 2 aromatic carbocycles. The Balaban J connectivity index is 0.00000100. The zero-order valence-corrected chi connectivity index (χ0v) is 14.3. The number of thiol groups is 1. The van der Waals surface area contributed by atoms with E-state index in [1.165, 1.54) is 23.9 Å². The number of carbonyl (C=O) groups is 2. The molecule has 0 saturated heterocycles. The first-order valence-electron chi connectivity index (χ1n) is 6.92. The van der Waals surface area contributed by atoms with Gasteiger partial charge in [-0.3, -0.25) is 9.59 Å². The molecule has 2 aromatic rings. The highest BCUT2D eigenvalue weighted by atomic mass is 32.2. The summed E-state index contributed by atoms with van der Waals surface area (Å²) in [4.78, 5) is 24.9. The third-order valence-electron chi connectivity index (χ3n) is 3.28. The summed E-state index contributed by atoms with van der Waals surface area (Å²) in [5.41, 5.74) is 1.60. The van der Waals surface area contributed by atoms with Gasteiger partial charge in [-0.05, 0) is 37.3 Å². The molecular weight excluding hydrogens is 351 g/mol. The Morgan fingerprint density at radius 1 is 1.29 bits per heavy atom. The highest BCUT2D eigenvalue weighted by Gasteiger charge is 2.23. The van der Waals surface area contributed by atoms with E-state index in [0.29, 0.717) is 16.9 Å². The summed E-state index contributed by atoms with van der Waals surface area (Å²) in [7, 11) is 0. The van der Waals surface area contributed by atoms with Crippen LogP contribution < -0.4 is 10.6 Å². The summed E-state index contributed by atoms with van der Waals surface area (Å²) in [6.07, 6.45) is 0. The Morgan fingerprint density at radius 2 is 2.04 bits per heavy atom. The quantitative estimate of drug-likeness (QED) is 0.608. The third-order valence-corrected chi connectivity index (χ3v) is 4.45. The number of anilines is 2. The van der Waals surface area contributed by atoms with Crippen LogP contribution in [0.15, 0.2) is 47.4 Å². The van der Waals surface area contributed by atoms with E-state index in [1.807, 2.05) is 26.0 Å². The van der Waals surface area contributed by atoms with Crippen molar-refractivity contribution < 1.29 is 18.6 Å². The standard InChI is InChI=1S/C16H14N2O3S.FHS/c1-9-15(20)18-13-7-10(5-6-14(13)22-9)16(21)17-11-3-2-4-12(19)8-11;1-2/h2-9,19H,1H3,(H,17,21)(H,18,20);2H. The molecule has 126 valence electrons. The van der Waals surface area contributed by atoms with E-state index in [4.69, 9.17) is 0 Å². The number of halogens is 1. The number of hydrogen-bond acceptors (Lipinski definition) is 5. The van der Waals surface area contributed by atoms with E-state index in [1.54, 1.807) is 24.3 Å². The Labute approximate surface area is 148 Å². The lowest BCUT2D eigenvalue weighted by Gasteiger charge is -2.21. The van der Waals surface area contributed by atoms with Gasteiger partial charge < -0.3 is 15.7 Å². The van der Waals surface area contributed by atoms with Gasteiger partial charge in [0.2, 0.25) is 5.91 Å². The molecular formula is C16H15FN2O3S2. The average Bonchev–Trinajstić information content (AvgIpc) is 2.57. The van der Waals surface area contributed by atoms with Crippen LogP contribution in [-0.2, 0) is 4.79 Å². The molecule has 0 radical (unpaired) electrons. The van der Waals surface area contributed by atoms with Crippen molar-refractivity contribution in [3.8, 4) is 5.75 Å². The van der Waals surface area contributed by atoms with Crippen molar-refractivity contribution in [1.29, 1.82) is 0 Å². The molecule has 1 atom stereocenters. The van der Waals surface area contributed by atoms with E-state index >= 15 is 0 Å². The van der Waals surface area contributed by atoms with Crippen LogP contribution in [0.5, 0.6) is 5.75 Å². The lowest BCUT2D eigenvalue weighted by Crippen LogP contribution is -2.26. The maximum absolute atomic E-state index is 12.2. The van der Waals surface area contributed by atoms with Crippen LogP contribution in [0.3, 0.4) is 0 Å². The molecule has 1 heterocycles. The Morgan fingerprint density at radius 3 is 2.75 bits per heavy atom. The Hall–Kier alpha value is -2.19. The predicted octanol–water partition coefficient (Wildman–Crippen LogP) is 3.88. The minimum atomic E-state index is -0.300. The number of phenolic OH excluding ortho intramolecular Hbond substituents is 1. The second-order valence-corrected chi connectivity index (χ2v) is 6.35. The molecule has 5 nitrogen and oxygen atoms in total. The number of phenols is 1. The van der Waals surface area contributed by atoms with Gasteiger partial charge in [-0.1, -0.05) is 6.07 Å². The number of fused-ring (bicyclic) bond motifs is 1. The maximum Gasteiger partial charge on any atom is 0.255 e. The topological polar surface area (TPSA) is 78.4 Å². The summed E-state index contributed by atoms with van der Waals surface area (Å²) in [5, 5.41) is 14.8. The summed E-state index contributed by atoms with van der Waals surface area (Å²) in [6.45, 7) is 1.84. The maximum atomic E-state index is 12.2. The minimum absolute atomic E-state index is 0.0666. The van der Waals surface area contributed by atoms with Crippen LogP contribution in [0.4, 0.5) is 15.3 Å². The Kier molecular flexibility index (Phi) is 6.10. The van der Waals surface area contributed by atoms with Crippen LogP contribution in [0.2, 0.25) is 0 Å². The first kappa shape index (κ1) is 18.2. The molecule has 2 amide bonds. The highest BCUT2D eigenvalue weighted by molar-refractivity contribution is 8.00. The molecule has 0 saturated carbocycles. The van der Waals surface area contributed by atoms with Crippen molar-refractivity contribution in [2.75, 3.05) is 10.6 Å². The van der Waals surface area contributed by atoms with Crippen LogP contribution in [0, 0.1) is 0 Å². The van der Waals surface area contributed by atoms with E-state index < -0.39 is 0 Å². The SMILES string of the molecule is CC1Sc2ccc(C(=O)Nc3cccc(O)c3)cc2NC1=O.FS. The molecule has 0 fully saturated rings. The van der Waals surface area contributed by atoms with E-state index in [2.05, 4.69) is 10.6 Å². The molecule has 3 N–H and O–H groups in total. The van der Waals surface area contributed by atoms with E-state index in [9.17, 15) is 18.6 Å². The molecule has 3 rings (SSSR count). The molecule has 1 aliphatic heterocycles. The van der Waals surface area contributed by atoms with Gasteiger partial charge >= 0.3 is 0 Å². The van der Waals surface area contributed by atoms with Gasteiger partial charge in [0.1, 0.15) is 5.75 Å². The summed E-state index contributed by atoms with van der Waals surface area (Å²) < 4.78 is 9.19. The van der Waals surface area contributed by atoms with Gasteiger partial charge in [-0.2, -0.15) is 3.89 Å². The lowest BCUT2D eigenvalue weighted by atomic mass is 10.1. The third kappa shape index (κ3) is 4.21. The van der Waals surface area contributed by atoms with Crippen molar-refractivity contribution in [2.24, 2.45) is 0 Å². The van der Waals surface area contributed by atoms with Gasteiger partial charge in [-0.25, -0.2) is 0 Å². The molecule has 0 bridgehead atoms. The Bertz CT molecular complexity index is 771. The predicted molar refractivity (Wildman–Crippen MR) is 96.5 cm³/mol. The van der Waals surface area contributed by atoms with Crippen LogP contribution >= 0.6 is 24.8 Å². The van der Waals surface area contributed by atoms with Crippen molar-refractivity contribution in [1.82, 2.24) is 0 Å². The van der Waals surface area contributed by atoms with Crippen LogP contribution in [-0.4, -0.2) is 22.2 Å². The molecule has 0 aliphatic carbocycles. The van der Waals surface area contributed by atoms with Crippen LogP contribution in [0.25, 0.3) is 0 Å².